The lowest BCUT2D eigenvalue weighted by atomic mass is 10.3. The molecule has 1 rings (SSSR count). The molecule has 0 aliphatic carbocycles. The Bertz CT molecular complexity index is 508. The van der Waals surface area contributed by atoms with E-state index in [4.69, 9.17) is 0 Å². The summed E-state index contributed by atoms with van der Waals surface area (Å²) in [6.45, 7) is 6.96. The van der Waals surface area contributed by atoms with Gasteiger partial charge in [-0.1, -0.05) is 20.8 Å². The normalized spacial score (nSPS) is 11.6. The van der Waals surface area contributed by atoms with E-state index in [0.29, 0.717) is 6.54 Å². The third kappa shape index (κ3) is 4.45. The van der Waals surface area contributed by atoms with Crippen molar-refractivity contribution < 1.29 is 4.92 Å². The van der Waals surface area contributed by atoms with E-state index >= 15 is 0 Å². The Morgan fingerprint density at radius 2 is 2.06 bits per heavy atom. The molecule has 0 bridgehead atoms. The van der Waals surface area contributed by atoms with Crippen molar-refractivity contribution in [2.24, 2.45) is 0 Å². The van der Waals surface area contributed by atoms with Crippen LogP contribution in [0.15, 0.2) is 21.7 Å². The number of aryl methyl sites for hydroxylation is 1. The molecule has 1 aromatic rings. The van der Waals surface area contributed by atoms with E-state index in [1.54, 1.807) is 22.5 Å². The lowest BCUT2D eigenvalue weighted by molar-refractivity contribution is -0.386. The average molecular weight is 335 g/mol. The lowest BCUT2D eigenvalue weighted by Gasteiger charge is -2.17. The Kier molecular flexibility index (Phi) is 4.98. The highest BCUT2D eigenvalue weighted by molar-refractivity contribution is 9.10. The average Bonchev–Trinajstić information content (AvgIpc) is 2.20. The molecule has 0 aromatic carbocycles. The molecule has 0 aliphatic rings. The smallest absolute Gasteiger partial charge is 0.333 e. The molecule has 0 atom stereocenters. The molecule has 7 heteroatoms. The van der Waals surface area contributed by atoms with Gasteiger partial charge in [0.15, 0.2) is 0 Å². The topological polar surface area (TPSA) is 65.1 Å². The van der Waals surface area contributed by atoms with Gasteiger partial charge in [0.1, 0.15) is 0 Å². The Morgan fingerprint density at radius 1 is 1.44 bits per heavy atom. The van der Waals surface area contributed by atoms with Crippen LogP contribution in [0.1, 0.15) is 20.8 Å². The monoisotopic (exact) mass is 334 g/mol. The molecule has 1 heterocycles. The predicted molar refractivity (Wildman–Crippen MR) is 77.3 cm³/mol. The van der Waals surface area contributed by atoms with Crippen molar-refractivity contribution in [3.05, 3.63) is 37.2 Å². The van der Waals surface area contributed by atoms with Gasteiger partial charge in [0.2, 0.25) is 0 Å². The maximum absolute atomic E-state index is 11.5. The van der Waals surface area contributed by atoms with Crippen LogP contribution in [0.25, 0.3) is 0 Å². The number of hydrogen-bond acceptors (Lipinski definition) is 4. The Balaban J connectivity index is 2.85. The summed E-state index contributed by atoms with van der Waals surface area (Å²) in [6, 6.07) is 0. The molecule has 0 spiro atoms. The van der Waals surface area contributed by atoms with Gasteiger partial charge in [-0.2, -0.15) is 11.8 Å². The summed E-state index contributed by atoms with van der Waals surface area (Å²) in [6.07, 6.45) is 2.87. The van der Waals surface area contributed by atoms with Crippen molar-refractivity contribution in [3.63, 3.8) is 0 Å². The van der Waals surface area contributed by atoms with Gasteiger partial charge in [-0.05, 0) is 15.9 Å². The number of nitro groups is 1. The molecule has 0 fully saturated rings. The zero-order chi connectivity index (χ0) is 13.9. The number of halogens is 1. The van der Waals surface area contributed by atoms with Gasteiger partial charge < -0.3 is 4.57 Å². The van der Waals surface area contributed by atoms with E-state index in [1.165, 1.54) is 6.20 Å². The summed E-state index contributed by atoms with van der Waals surface area (Å²) < 4.78 is 2.04. The summed E-state index contributed by atoms with van der Waals surface area (Å²) in [5.74, 6) is 0.829. The minimum Gasteiger partial charge on any atom is -0.346 e. The number of nitrogens with zero attached hydrogens (tertiary/aromatic N) is 2. The quantitative estimate of drug-likeness (QED) is 0.627. The molecule has 0 amide bonds. The Labute approximate surface area is 118 Å². The van der Waals surface area contributed by atoms with Crippen molar-refractivity contribution >= 4 is 33.4 Å². The van der Waals surface area contributed by atoms with E-state index in [9.17, 15) is 14.9 Å². The molecule has 0 saturated heterocycles. The number of rotatable bonds is 4. The fourth-order valence-corrected chi connectivity index (χ4v) is 2.68. The van der Waals surface area contributed by atoms with Gasteiger partial charge in [0.25, 0.3) is 5.43 Å². The zero-order valence-corrected chi connectivity index (χ0v) is 12.9. The molecule has 5 nitrogen and oxygen atoms in total. The highest BCUT2D eigenvalue weighted by atomic mass is 79.9. The van der Waals surface area contributed by atoms with E-state index in [1.807, 2.05) is 0 Å². The van der Waals surface area contributed by atoms with Crippen LogP contribution < -0.4 is 5.43 Å². The predicted octanol–water partition coefficient (Wildman–Crippen LogP) is 3.05. The Morgan fingerprint density at radius 3 is 2.56 bits per heavy atom. The molecule has 0 aliphatic heterocycles. The molecule has 18 heavy (non-hydrogen) atoms. The third-order valence-corrected chi connectivity index (χ3v) is 3.92. The molecule has 0 unspecified atom stereocenters. The fraction of sp³-hybridized carbons (Fsp3) is 0.545. The molecule has 0 saturated carbocycles. The second-order valence-corrected chi connectivity index (χ2v) is 7.55. The molecule has 0 radical (unpaired) electrons. The first-order chi connectivity index (χ1) is 8.20. The van der Waals surface area contributed by atoms with Crippen LogP contribution in [0, 0.1) is 10.1 Å². The number of thioether (sulfide) groups is 1. The van der Waals surface area contributed by atoms with Crippen LogP contribution in [-0.4, -0.2) is 20.0 Å². The lowest BCUT2D eigenvalue weighted by Crippen LogP contribution is -2.15. The van der Waals surface area contributed by atoms with Crippen molar-refractivity contribution in [1.82, 2.24) is 4.57 Å². The van der Waals surface area contributed by atoms with Gasteiger partial charge in [-0.3, -0.25) is 14.9 Å². The van der Waals surface area contributed by atoms with Crippen LogP contribution >= 0.6 is 27.7 Å². The summed E-state index contributed by atoms with van der Waals surface area (Å²) in [7, 11) is 0. The second-order valence-electron chi connectivity index (χ2n) is 4.78. The Hall–Kier alpha value is -0.820. The SMILES string of the molecule is CC(C)(C)SCCn1cc(Br)c(=O)c([N+](=O)[O-])c1. The zero-order valence-electron chi connectivity index (χ0n) is 10.5. The van der Waals surface area contributed by atoms with Gasteiger partial charge in [-0.25, -0.2) is 0 Å². The molecular weight excluding hydrogens is 320 g/mol. The minimum atomic E-state index is -0.652. The largest absolute Gasteiger partial charge is 0.346 e. The standard InChI is InChI=1S/C11H15BrN2O3S/c1-11(2,3)18-5-4-13-6-8(12)10(15)9(7-13)14(16)17/h6-7H,4-5H2,1-3H3. The van der Waals surface area contributed by atoms with Crippen molar-refractivity contribution in [2.75, 3.05) is 5.75 Å². The van der Waals surface area contributed by atoms with E-state index < -0.39 is 16.0 Å². The van der Waals surface area contributed by atoms with Crippen LogP contribution in [0.2, 0.25) is 0 Å². The van der Waals surface area contributed by atoms with Crippen LogP contribution in [-0.2, 0) is 6.54 Å². The third-order valence-electron chi connectivity index (χ3n) is 2.10. The minimum absolute atomic E-state index is 0.155. The number of aromatic nitrogens is 1. The maximum Gasteiger partial charge on any atom is 0.333 e. The highest BCUT2D eigenvalue weighted by Gasteiger charge is 2.16. The highest BCUT2D eigenvalue weighted by Crippen LogP contribution is 2.23. The van der Waals surface area contributed by atoms with E-state index in [2.05, 4.69) is 36.7 Å². The first-order valence-corrected chi connectivity index (χ1v) is 7.16. The van der Waals surface area contributed by atoms with E-state index in [0.717, 1.165) is 5.75 Å². The second kappa shape index (κ2) is 5.88. The van der Waals surface area contributed by atoms with Gasteiger partial charge in [-0.15, -0.1) is 0 Å². The van der Waals surface area contributed by atoms with Gasteiger partial charge in [0, 0.05) is 23.2 Å². The molecule has 100 valence electrons. The summed E-state index contributed by atoms with van der Waals surface area (Å²) in [5, 5.41) is 10.7. The van der Waals surface area contributed by atoms with Gasteiger partial charge in [0.05, 0.1) is 15.6 Å². The van der Waals surface area contributed by atoms with Crippen molar-refractivity contribution in [1.29, 1.82) is 0 Å². The first kappa shape index (κ1) is 15.2. The molecule has 0 N–H and O–H groups in total. The van der Waals surface area contributed by atoms with Crippen molar-refractivity contribution in [2.45, 2.75) is 32.1 Å². The summed E-state index contributed by atoms with van der Waals surface area (Å²) in [4.78, 5) is 21.6. The number of hydrogen-bond donors (Lipinski definition) is 0. The van der Waals surface area contributed by atoms with E-state index in [-0.39, 0.29) is 9.22 Å². The first-order valence-electron chi connectivity index (χ1n) is 5.38. The fourth-order valence-electron chi connectivity index (χ4n) is 1.30. The number of pyridine rings is 1. The van der Waals surface area contributed by atoms with Crippen LogP contribution in [0.3, 0.4) is 0 Å². The van der Waals surface area contributed by atoms with Crippen molar-refractivity contribution in [3.8, 4) is 0 Å². The van der Waals surface area contributed by atoms with Crippen LogP contribution in [0.4, 0.5) is 5.69 Å². The van der Waals surface area contributed by atoms with Gasteiger partial charge >= 0.3 is 5.69 Å². The summed E-state index contributed by atoms with van der Waals surface area (Å²) >= 11 is 4.82. The molecule has 1 aromatic heterocycles. The maximum atomic E-state index is 11.5. The van der Waals surface area contributed by atoms with Crippen LogP contribution in [0.5, 0.6) is 0 Å². The summed E-state index contributed by atoms with van der Waals surface area (Å²) in [5.41, 5.74) is -0.982. The molecular formula is C11H15BrN2O3S.